The molecule has 2 aromatic carbocycles. The van der Waals surface area contributed by atoms with Crippen LogP contribution in [0.1, 0.15) is 30.6 Å². The average Bonchev–Trinajstić information content (AvgIpc) is 3.05. The van der Waals surface area contributed by atoms with E-state index in [1.165, 1.54) is 0 Å². The number of carbonyl (C=O) groups is 1. The van der Waals surface area contributed by atoms with Gasteiger partial charge in [0.05, 0.1) is 5.56 Å². The first-order valence-electron chi connectivity index (χ1n) is 8.63. The number of aromatic nitrogens is 1. The van der Waals surface area contributed by atoms with Crippen molar-refractivity contribution in [2.24, 2.45) is 0 Å². The minimum absolute atomic E-state index is 0.263. The van der Waals surface area contributed by atoms with Crippen molar-refractivity contribution in [3.8, 4) is 0 Å². The number of oxazole rings is 1. The lowest BCUT2D eigenvalue weighted by atomic mass is 10.2. The van der Waals surface area contributed by atoms with Gasteiger partial charge in [0, 0.05) is 17.5 Å². The van der Waals surface area contributed by atoms with E-state index >= 15 is 0 Å². The zero-order chi connectivity index (χ0) is 18.5. The molecule has 1 N–H and O–H groups in total. The van der Waals surface area contributed by atoms with E-state index in [-0.39, 0.29) is 6.04 Å². The number of rotatable bonds is 8. The molecule has 0 aliphatic carbocycles. The fraction of sp³-hybridized carbons (Fsp3) is 0.300. The molecule has 3 aromatic rings. The van der Waals surface area contributed by atoms with Gasteiger partial charge in [-0.3, -0.25) is 0 Å². The predicted molar refractivity (Wildman–Crippen MR) is 105 cm³/mol. The Kier molecular flexibility index (Phi) is 5.83. The van der Waals surface area contributed by atoms with E-state index < -0.39 is 5.97 Å². The summed E-state index contributed by atoms with van der Waals surface area (Å²) in [5, 5.41) is 9.26. The highest BCUT2D eigenvalue weighted by atomic mass is 32.2. The van der Waals surface area contributed by atoms with Crippen LogP contribution in [0.25, 0.3) is 11.1 Å². The number of hydrogen-bond acceptors (Lipinski definition) is 5. The average molecular weight is 370 g/mol. The quantitative estimate of drug-likeness (QED) is 0.448. The maximum absolute atomic E-state index is 11.3. The van der Waals surface area contributed by atoms with Crippen LogP contribution in [0.2, 0.25) is 0 Å². The van der Waals surface area contributed by atoms with E-state index in [1.54, 1.807) is 23.9 Å². The van der Waals surface area contributed by atoms with Gasteiger partial charge in [-0.05, 0) is 50.3 Å². The molecular weight excluding hydrogens is 348 g/mol. The number of anilines is 1. The number of carboxylic acid groups (broad SMARTS) is 1. The molecule has 0 bridgehead atoms. The minimum atomic E-state index is -0.886. The second kappa shape index (κ2) is 8.27. The van der Waals surface area contributed by atoms with Crippen LogP contribution in [-0.4, -0.2) is 34.4 Å². The first kappa shape index (κ1) is 18.3. The maximum Gasteiger partial charge on any atom is 0.336 e. The lowest BCUT2D eigenvalue weighted by Gasteiger charge is -2.24. The van der Waals surface area contributed by atoms with Gasteiger partial charge in [0.1, 0.15) is 5.52 Å². The molecule has 5 nitrogen and oxygen atoms in total. The molecule has 0 fully saturated rings. The number of hydrogen-bond donors (Lipinski definition) is 1. The summed E-state index contributed by atoms with van der Waals surface area (Å²) in [4.78, 5) is 18.8. The summed E-state index contributed by atoms with van der Waals surface area (Å²) >= 11 is 1.57. The summed E-state index contributed by atoms with van der Waals surface area (Å²) < 4.78 is 5.89. The van der Waals surface area contributed by atoms with Crippen LogP contribution in [-0.2, 0) is 0 Å². The van der Waals surface area contributed by atoms with E-state index in [9.17, 15) is 9.90 Å². The van der Waals surface area contributed by atoms with E-state index in [1.807, 2.05) is 36.4 Å². The van der Waals surface area contributed by atoms with Crippen LogP contribution in [0.4, 0.5) is 6.01 Å². The number of benzene rings is 2. The van der Waals surface area contributed by atoms with Crippen LogP contribution in [0, 0.1) is 0 Å². The molecule has 0 atom stereocenters. The Labute approximate surface area is 157 Å². The fourth-order valence-electron chi connectivity index (χ4n) is 2.74. The number of fused-ring (bicyclic) bond motifs is 1. The molecule has 6 heteroatoms. The molecule has 26 heavy (non-hydrogen) atoms. The molecule has 0 unspecified atom stereocenters. The van der Waals surface area contributed by atoms with Crippen molar-refractivity contribution in [3.63, 3.8) is 0 Å². The van der Waals surface area contributed by atoms with Crippen molar-refractivity contribution in [2.75, 3.05) is 17.2 Å². The Morgan fingerprint density at radius 3 is 2.65 bits per heavy atom. The van der Waals surface area contributed by atoms with Gasteiger partial charge in [0.2, 0.25) is 0 Å². The van der Waals surface area contributed by atoms with Gasteiger partial charge in [-0.2, -0.15) is 4.98 Å². The number of carboxylic acids is 1. The van der Waals surface area contributed by atoms with E-state index in [0.717, 1.165) is 34.7 Å². The Morgan fingerprint density at radius 1 is 1.19 bits per heavy atom. The van der Waals surface area contributed by atoms with Gasteiger partial charge in [-0.1, -0.05) is 24.3 Å². The Morgan fingerprint density at radius 2 is 1.92 bits per heavy atom. The van der Waals surface area contributed by atoms with E-state index in [4.69, 9.17) is 4.42 Å². The molecule has 0 saturated heterocycles. The minimum Gasteiger partial charge on any atom is -0.478 e. The van der Waals surface area contributed by atoms with E-state index in [2.05, 4.69) is 23.7 Å². The highest BCUT2D eigenvalue weighted by molar-refractivity contribution is 7.99. The molecule has 0 aliphatic heterocycles. The SMILES string of the molecule is CC(C)N(CCCSc1ccccc1C(=O)O)c1nc2ccccc2o1. The molecule has 3 rings (SSSR count). The highest BCUT2D eigenvalue weighted by Crippen LogP contribution is 2.26. The molecular formula is C20H22N2O3S. The van der Waals surface area contributed by atoms with Crippen molar-refractivity contribution in [1.29, 1.82) is 0 Å². The van der Waals surface area contributed by atoms with Crippen molar-refractivity contribution in [3.05, 3.63) is 54.1 Å². The molecule has 0 saturated carbocycles. The maximum atomic E-state index is 11.3. The van der Waals surface area contributed by atoms with Crippen molar-refractivity contribution in [2.45, 2.75) is 31.2 Å². The fourth-order valence-corrected chi connectivity index (χ4v) is 3.72. The summed E-state index contributed by atoms with van der Waals surface area (Å²) in [7, 11) is 0. The van der Waals surface area contributed by atoms with Gasteiger partial charge in [-0.25, -0.2) is 4.79 Å². The molecule has 1 aromatic heterocycles. The lowest BCUT2D eigenvalue weighted by Crippen LogP contribution is -2.32. The van der Waals surface area contributed by atoms with Crippen LogP contribution in [0.3, 0.4) is 0 Å². The van der Waals surface area contributed by atoms with Gasteiger partial charge < -0.3 is 14.4 Å². The predicted octanol–water partition coefficient (Wildman–Crippen LogP) is 4.92. The van der Waals surface area contributed by atoms with Crippen molar-refractivity contribution in [1.82, 2.24) is 4.98 Å². The molecule has 1 heterocycles. The monoisotopic (exact) mass is 370 g/mol. The summed E-state index contributed by atoms with van der Waals surface area (Å²) in [6.45, 7) is 5.02. The number of aromatic carboxylic acids is 1. The second-order valence-corrected chi connectivity index (χ2v) is 7.39. The molecule has 0 radical (unpaired) electrons. The second-order valence-electron chi connectivity index (χ2n) is 6.25. The summed E-state index contributed by atoms with van der Waals surface area (Å²) in [6.07, 6.45) is 0.898. The van der Waals surface area contributed by atoms with Crippen LogP contribution < -0.4 is 4.90 Å². The zero-order valence-corrected chi connectivity index (χ0v) is 15.7. The highest BCUT2D eigenvalue weighted by Gasteiger charge is 2.17. The number of nitrogens with zero attached hydrogens (tertiary/aromatic N) is 2. The third-order valence-electron chi connectivity index (χ3n) is 4.07. The third kappa shape index (κ3) is 4.19. The molecule has 136 valence electrons. The summed E-state index contributed by atoms with van der Waals surface area (Å²) in [6, 6.07) is 15.8. The summed E-state index contributed by atoms with van der Waals surface area (Å²) in [5.41, 5.74) is 2.01. The standard InChI is InChI=1S/C20H22N2O3S/c1-14(2)22(20-21-16-9-4-5-10-17(16)25-20)12-7-13-26-18-11-6-3-8-15(18)19(23)24/h3-6,8-11,14H,7,12-13H2,1-2H3,(H,23,24). The van der Waals surface area contributed by atoms with Crippen LogP contribution in [0.5, 0.6) is 0 Å². The lowest BCUT2D eigenvalue weighted by molar-refractivity contribution is 0.0693. The Balaban J connectivity index is 1.62. The Bertz CT molecular complexity index is 858. The van der Waals surface area contributed by atoms with Crippen molar-refractivity contribution < 1.29 is 14.3 Å². The van der Waals surface area contributed by atoms with Crippen LogP contribution in [0.15, 0.2) is 57.8 Å². The van der Waals surface area contributed by atoms with Gasteiger partial charge in [0.15, 0.2) is 5.58 Å². The molecule has 0 amide bonds. The smallest absolute Gasteiger partial charge is 0.336 e. The summed E-state index contributed by atoms with van der Waals surface area (Å²) in [5.74, 6) is -0.0586. The first-order chi connectivity index (χ1) is 12.6. The normalized spacial score (nSPS) is 11.2. The molecule has 0 aliphatic rings. The van der Waals surface area contributed by atoms with Crippen molar-refractivity contribution >= 4 is 34.8 Å². The number of para-hydroxylation sites is 2. The number of thioether (sulfide) groups is 1. The van der Waals surface area contributed by atoms with E-state index in [0.29, 0.717) is 11.6 Å². The van der Waals surface area contributed by atoms with Crippen LogP contribution >= 0.6 is 11.8 Å². The van der Waals surface area contributed by atoms with Gasteiger partial charge in [-0.15, -0.1) is 11.8 Å². The first-order valence-corrected chi connectivity index (χ1v) is 9.62. The zero-order valence-electron chi connectivity index (χ0n) is 14.9. The largest absolute Gasteiger partial charge is 0.478 e. The Hall–Kier alpha value is -2.47. The third-order valence-corrected chi connectivity index (χ3v) is 5.23. The molecule has 0 spiro atoms. The van der Waals surface area contributed by atoms with Gasteiger partial charge >= 0.3 is 5.97 Å². The van der Waals surface area contributed by atoms with Gasteiger partial charge in [0.25, 0.3) is 6.01 Å². The topological polar surface area (TPSA) is 66.6 Å².